The van der Waals surface area contributed by atoms with Gasteiger partial charge in [-0.3, -0.25) is 9.35 Å². The van der Waals surface area contributed by atoms with Gasteiger partial charge in [0.05, 0.1) is 0 Å². The molecule has 0 aromatic heterocycles. The second-order valence-corrected chi connectivity index (χ2v) is 8.96. The molecule has 0 radical (unpaired) electrons. The third-order valence-electron chi connectivity index (χ3n) is 4.79. The van der Waals surface area contributed by atoms with E-state index in [1.807, 2.05) is 0 Å². The zero-order valence-electron chi connectivity index (χ0n) is 17.4. The summed E-state index contributed by atoms with van der Waals surface area (Å²) in [5.74, 6) is -0.399. The zero-order valence-corrected chi connectivity index (χ0v) is 18.2. The molecule has 0 fully saturated rings. The van der Waals surface area contributed by atoms with E-state index in [0.29, 0.717) is 6.42 Å². The van der Waals surface area contributed by atoms with Crippen LogP contribution in [-0.2, 0) is 14.9 Å². The molecule has 0 aliphatic rings. The van der Waals surface area contributed by atoms with Crippen molar-refractivity contribution in [3.63, 3.8) is 0 Å². The predicted molar refractivity (Wildman–Crippen MR) is 121 cm³/mol. The van der Waals surface area contributed by atoms with Crippen molar-refractivity contribution in [2.45, 2.75) is 102 Å². The number of unbranched alkanes of at least 4 members (excludes halogenated alkanes) is 11. The molecular formula is C21H42KNO4S. The molecule has 162 valence electrons. The molecule has 1 atom stereocenters. The van der Waals surface area contributed by atoms with E-state index in [-0.39, 0.29) is 64.4 Å². The van der Waals surface area contributed by atoms with Crippen LogP contribution >= 0.6 is 0 Å². The number of allylic oxidation sites excluding steroid dienone is 2. The fraction of sp³-hybridized carbons (Fsp3) is 0.857. The van der Waals surface area contributed by atoms with E-state index in [4.69, 9.17) is 4.55 Å². The molecule has 2 N–H and O–H groups in total. The molecule has 0 saturated carbocycles. The number of hydrogen-bond acceptors (Lipinski definition) is 4. The number of carbonyl (C=O) groups is 1. The van der Waals surface area contributed by atoms with Gasteiger partial charge in [0.25, 0.3) is 10.1 Å². The summed E-state index contributed by atoms with van der Waals surface area (Å²) in [6, 6.07) is 0. The van der Waals surface area contributed by atoms with E-state index in [9.17, 15) is 13.2 Å². The van der Waals surface area contributed by atoms with Crippen LogP contribution in [0, 0.1) is 0 Å². The Hall–Kier alpha value is 0.916. The second kappa shape index (κ2) is 21.2. The molecule has 0 aliphatic heterocycles. The van der Waals surface area contributed by atoms with E-state index in [1.165, 1.54) is 44.9 Å². The maximum atomic E-state index is 11.9. The number of hydrogen-bond donors (Lipinski definition) is 2. The summed E-state index contributed by atoms with van der Waals surface area (Å²) in [5, 5.41) is 1.31. The number of Topliss-reactive ketones (excluding diaryl/α,β-unsaturated/α-hetero) is 1. The van der Waals surface area contributed by atoms with Gasteiger partial charge in [-0.05, 0) is 39.2 Å². The van der Waals surface area contributed by atoms with Gasteiger partial charge in [-0.25, -0.2) is 0 Å². The first-order valence-corrected chi connectivity index (χ1v) is 12.2. The number of nitrogens with one attached hydrogen (secondary N) is 1. The van der Waals surface area contributed by atoms with Gasteiger partial charge in [0, 0.05) is 13.0 Å². The predicted octanol–water partition coefficient (Wildman–Crippen LogP) is 4.42. The average molecular weight is 444 g/mol. The van der Waals surface area contributed by atoms with Gasteiger partial charge in [-0.2, -0.15) is 8.42 Å². The first-order chi connectivity index (χ1) is 12.9. The normalized spacial score (nSPS) is 12.8. The molecule has 7 heteroatoms. The van der Waals surface area contributed by atoms with Crippen LogP contribution in [0.25, 0.3) is 0 Å². The Kier molecular flexibility index (Phi) is 23.5. The number of ketones is 1. The minimum absolute atomic E-state index is 0. The van der Waals surface area contributed by atoms with Gasteiger partial charge in [0.2, 0.25) is 0 Å². The molecular weight excluding hydrogens is 401 g/mol. The summed E-state index contributed by atoms with van der Waals surface area (Å²) < 4.78 is 31.5. The molecule has 0 amide bonds. The summed E-state index contributed by atoms with van der Waals surface area (Å²) in [6.45, 7) is 2.20. The van der Waals surface area contributed by atoms with Crippen LogP contribution in [0.15, 0.2) is 12.2 Å². The topological polar surface area (TPSA) is 83.5 Å². The van der Waals surface area contributed by atoms with Crippen LogP contribution < -0.4 is 5.32 Å². The Bertz CT molecular complexity index is 495. The van der Waals surface area contributed by atoms with Crippen molar-refractivity contribution in [2.24, 2.45) is 0 Å². The van der Waals surface area contributed by atoms with Crippen LogP contribution in [0.5, 0.6) is 0 Å². The SMILES string of the molecule is CCCCCCCC/C=C\CCCCCCCC(=O)C(CNC)S(=O)(=O)O.[KH]. The Morgan fingerprint density at radius 3 is 1.82 bits per heavy atom. The number of carbonyl (C=O) groups excluding carboxylic acids is 1. The van der Waals surface area contributed by atoms with Crippen molar-refractivity contribution in [1.82, 2.24) is 5.32 Å². The van der Waals surface area contributed by atoms with Crippen molar-refractivity contribution >= 4 is 67.3 Å². The van der Waals surface area contributed by atoms with Crippen molar-refractivity contribution in [1.29, 1.82) is 0 Å². The fourth-order valence-electron chi connectivity index (χ4n) is 3.10. The van der Waals surface area contributed by atoms with Gasteiger partial charge < -0.3 is 5.32 Å². The summed E-state index contributed by atoms with van der Waals surface area (Å²) in [4.78, 5) is 11.9. The Balaban J connectivity index is 0. The third kappa shape index (κ3) is 18.9. The van der Waals surface area contributed by atoms with Crippen molar-refractivity contribution in [3.05, 3.63) is 12.2 Å². The van der Waals surface area contributed by atoms with E-state index in [1.54, 1.807) is 7.05 Å². The molecule has 1 unspecified atom stereocenters. The Morgan fingerprint density at radius 1 is 0.893 bits per heavy atom. The summed E-state index contributed by atoms with van der Waals surface area (Å²) in [7, 11) is -2.75. The number of rotatable bonds is 19. The minimum atomic E-state index is -4.32. The summed E-state index contributed by atoms with van der Waals surface area (Å²) in [5.41, 5.74) is 0. The molecule has 0 aliphatic carbocycles. The quantitative estimate of drug-likeness (QED) is 0.134. The van der Waals surface area contributed by atoms with Crippen LogP contribution in [0.2, 0.25) is 0 Å². The third-order valence-corrected chi connectivity index (χ3v) is 5.94. The zero-order chi connectivity index (χ0) is 20.4. The van der Waals surface area contributed by atoms with Gasteiger partial charge in [-0.15, -0.1) is 0 Å². The Morgan fingerprint density at radius 2 is 1.36 bits per heavy atom. The first kappa shape index (κ1) is 31.1. The van der Waals surface area contributed by atoms with Gasteiger partial charge in [0.1, 0.15) is 0 Å². The van der Waals surface area contributed by atoms with Crippen LogP contribution in [0.1, 0.15) is 96.8 Å². The van der Waals surface area contributed by atoms with Gasteiger partial charge in [0.15, 0.2) is 11.0 Å². The first-order valence-electron chi connectivity index (χ1n) is 10.7. The monoisotopic (exact) mass is 443 g/mol. The molecule has 0 heterocycles. The van der Waals surface area contributed by atoms with E-state index < -0.39 is 21.2 Å². The van der Waals surface area contributed by atoms with Crippen LogP contribution in [-0.4, -0.2) is 89.0 Å². The molecule has 0 spiro atoms. The van der Waals surface area contributed by atoms with E-state index >= 15 is 0 Å². The molecule has 0 aromatic carbocycles. The second-order valence-electron chi connectivity index (χ2n) is 7.36. The van der Waals surface area contributed by atoms with E-state index in [0.717, 1.165) is 32.1 Å². The Labute approximate surface area is 216 Å². The van der Waals surface area contributed by atoms with Crippen molar-refractivity contribution in [2.75, 3.05) is 13.6 Å². The summed E-state index contributed by atoms with van der Waals surface area (Å²) in [6.07, 6.45) is 20.1. The van der Waals surface area contributed by atoms with Crippen molar-refractivity contribution < 1.29 is 17.8 Å². The standard InChI is InChI=1S/C21H41NO4S.K.H/c1-3-4-5-6-7-8-9-10-11-12-13-14-15-16-17-18-20(23)21(19-22-2)27(24,25)26;;/h10-11,21-22H,3-9,12-19H2,1-2H3,(H,24,25,26);;/b11-10-;;. The molecule has 0 saturated heterocycles. The maximum absolute atomic E-state index is 11.9. The summed E-state index contributed by atoms with van der Waals surface area (Å²) >= 11 is 0. The van der Waals surface area contributed by atoms with Crippen molar-refractivity contribution in [3.8, 4) is 0 Å². The molecule has 0 aromatic rings. The van der Waals surface area contributed by atoms with Crippen LogP contribution in [0.3, 0.4) is 0 Å². The van der Waals surface area contributed by atoms with Gasteiger partial charge in [-0.1, -0.05) is 70.4 Å². The molecule has 28 heavy (non-hydrogen) atoms. The van der Waals surface area contributed by atoms with Crippen LogP contribution in [0.4, 0.5) is 0 Å². The molecule has 0 bridgehead atoms. The molecule has 5 nitrogen and oxygen atoms in total. The fourth-order valence-corrected chi connectivity index (χ4v) is 3.93. The van der Waals surface area contributed by atoms with Gasteiger partial charge >= 0.3 is 51.4 Å². The molecule has 0 rings (SSSR count). The average Bonchev–Trinajstić information content (AvgIpc) is 2.61. The van der Waals surface area contributed by atoms with E-state index in [2.05, 4.69) is 24.4 Å².